The zero-order valence-electron chi connectivity index (χ0n) is 13.2. The fourth-order valence-electron chi connectivity index (χ4n) is 1.84. The van der Waals surface area contributed by atoms with Crippen LogP contribution in [0.5, 0.6) is 0 Å². The molecular weight excluding hydrogens is 330 g/mol. The van der Waals surface area contributed by atoms with Crippen molar-refractivity contribution >= 4 is 29.3 Å². The van der Waals surface area contributed by atoms with Crippen LogP contribution in [0.25, 0.3) is 0 Å². The number of aromatic nitrogens is 2. The molecule has 0 atom stereocenters. The zero-order valence-corrected chi connectivity index (χ0v) is 14.0. The van der Waals surface area contributed by atoms with Crippen molar-refractivity contribution in [3.63, 3.8) is 0 Å². The number of benzene rings is 1. The number of rotatable bonds is 6. The molecular formula is C16H17N3O4S. The molecule has 1 aromatic carbocycles. The minimum absolute atomic E-state index is 0.0746. The second kappa shape index (κ2) is 7.78. The van der Waals surface area contributed by atoms with E-state index in [1.807, 2.05) is 13.8 Å². The van der Waals surface area contributed by atoms with Crippen LogP contribution in [0.4, 0.5) is 5.69 Å². The van der Waals surface area contributed by atoms with E-state index in [-0.39, 0.29) is 28.7 Å². The highest BCUT2D eigenvalue weighted by Gasteiger charge is 2.09. The molecule has 0 unspecified atom stereocenters. The number of amides is 1. The van der Waals surface area contributed by atoms with Crippen LogP contribution in [-0.2, 0) is 4.79 Å². The predicted molar refractivity (Wildman–Crippen MR) is 91.7 cm³/mol. The molecule has 0 saturated heterocycles. The molecule has 0 aliphatic rings. The van der Waals surface area contributed by atoms with Crippen molar-refractivity contribution in [3.05, 3.63) is 51.9 Å². The molecule has 0 aliphatic heterocycles. The molecule has 0 bridgehead atoms. The Hall–Kier alpha value is -2.61. The molecule has 1 aromatic heterocycles. The topological polar surface area (TPSA) is 112 Å². The molecule has 0 aliphatic carbocycles. The Labute approximate surface area is 142 Å². The number of nitrogens with zero attached hydrogens (tertiary/aromatic N) is 1. The number of H-pyrrole nitrogens is 1. The lowest BCUT2D eigenvalue weighted by atomic mass is 10.1. The summed E-state index contributed by atoms with van der Waals surface area (Å²) in [5.74, 6) is -1.11. The third kappa shape index (κ3) is 4.95. The van der Waals surface area contributed by atoms with Crippen molar-refractivity contribution in [2.75, 3.05) is 11.1 Å². The molecule has 1 heterocycles. The van der Waals surface area contributed by atoms with Crippen LogP contribution in [0.3, 0.4) is 0 Å². The second-order valence-electron chi connectivity index (χ2n) is 5.35. The van der Waals surface area contributed by atoms with Crippen molar-refractivity contribution in [1.29, 1.82) is 0 Å². The van der Waals surface area contributed by atoms with E-state index in [1.165, 1.54) is 30.3 Å². The minimum Gasteiger partial charge on any atom is -0.478 e. The highest BCUT2D eigenvalue weighted by atomic mass is 32.2. The number of hydrogen-bond donors (Lipinski definition) is 3. The van der Waals surface area contributed by atoms with Gasteiger partial charge in [0.1, 0.15) is 0 Å². The van der Waals surface area contributed by atoms with E-state index < -0.39 is 5.97 Å². The van der Waals surface area contributed by atoms with Crippen LogP contribution in [-0.4, -0.2) is 32.7 Å². The molecule has 0 saturated carbocycles. The van der Waals surface area contributed by atoms with Crippen LogP contribution in [0.1, 0.15) is 35.8 Å². The maximum absolute atomic E-state index is 11.9. The summed E-state index contributed by atoms with van der Waals surface area (Å²) in [4.78, 5) is 41.2. The summed E-state index contributed by atoms with van der Waals surface area (Å²) in [6.07, 6.45) is 0. The Bertz CT molecular complexity index is 800. The second-order valence-corrected chi connectivity index (χ2v) is 6.31. The summed E-state index contributed by atoms with van der Waals surface area (Å²) in [6.45, 7) is 3.87. The smallest absolute Gasteiger partial charge is 0.335 e. The molecule has 24 heavy (non-hydrogen) atoms. The van der Waals surface area contributed by atoms with Crippen molar-refractivity contribution in [1.82, 2.24) is 9.97 Å². The summed E-state index contributed by atoms with van der Waals surface area (Å²) in [6, 6.07) is 7.31. The summed E-state index contributed by atoms with van der Waals surface area (Å²) in [7, 11) is 0. The monoisotopic (exact) mass is 347 g/mol. The van der Waals surface area contributed by atoms with Gasteiger partial charge in [-0.25, -0.2) is 9.78 Å². The third-order valence-corrected chi connectivity index (χ3v) is 3.96. The number of carbonyl (C=O) groups excluding carboxylic acids is 1. The fourth-order valence-corrected chi connectivity index (χ4v) is 2.53. The Kier molecular flexibility index (Phi) is 5.75. The summed E-state index contributed by atoms with van der Waals surface area (Å²) >= 11 is 1.13. The summed E-state index contributed by atoms with van der Waals surface area (Å²) in [5.41, 5.74) is 1.07. The number of anilines is 1. The number of aromatic carboxylic acids is 1. The number of carboxylic acid groups (broad SMARTS) is 1. The van der Waals surface area contributed by atoms with Gasteiger partial charge in [0.25, 0.3) is 5.56 Å². The standard InChI is InChI=1S/C16H17N3O4S/c1-9(2)12-7-13(20)19-16(18-12)24-8-14(21)17-11-5-3-10(4-6-11)15(22)23/h3-7,9H,8H2,1-2H3,(H,17,21)(H,22,23)(H,18,19,20). The van der Waals surface area contributed by atoms with Crippen molar-refractivity contribution < 1.29 is 14.7 Å². The maximum Gasteiger partial charge on any atom is 0.335 e. The lowest BCUT2D eigenvalue weighted by molar-refractivity contribution is -0.113. The Morgan fingerprint density at radius 3 is 2.54 bits per heavy atom. The molecule has 0 spiro atoms. The van der Waals surface area contributed by atoms with E-state index >= 15 is 0 Å². The third-order valence-electron chi connectivity index (χ3n) is 3.09. The number of hydrogen-bond acceptors (Lipinski definition) is 5. The number of thioether (sulfide) groups is 1. The van der Waals surface area contributed by atoms with Crippen LogP contribution in [0.2, 0.25) is 0 Å². The first-order valence-electron chi connectivity index (χ1n) is 7.22. The Balaban J connectivity index is 1.96. The molecule has 1 amide bonds. The van der Waals surface area contributed by atoms with Gasteiger partial charge in [-0.1, -0.05) is 25.6 Å². The number of aromatic amines is 1. The normalized spacial score (nSPS) is 10.6. The van der Waals surface area contributed by atoms with Crippen LogP contribution < -0.4 is 10.9 Å². The van der Waals surface area contributed by atoms with Crippen LogP contribution in [0.15, 0.2) is 40.3 Å². The van der Waals surface area contributed by atoms with Crippen molar-refractivity contribution in [2.24, 2.45) is 0 Å². The first-order chi connectivity index (χ1) is 11.3. The molecule has 8 heteroatoms. The van der Waals surface area contributed by atoms with Gasteiger partial charge < -0.3 is 15.4 Å². The largest absolute Gasteiger partial charge is 0.478 e. The first kappa shape index (κ1) is 17.7. The maximum atomic E-state index is 11.9. The van der Waals surface area contributed by atoms with Crippen LogP contribution >= 0.6 is 11.8 Å². The van der Waals surface area contributed by atoms with Gasteiger partial charge in [0.15, 0.2) is 5.16 Å². The van der Waals surface area contributed by atoms with Crippen LogP contribution in [0, 0.1) is 0 Å². The van der Waals surface area contributed by atoms with Gasteiger partial charge in [-0.15, -0.1) is 0 Å². The van der Waals surface area contributed by atoms with E-state index in [1.54, 1.807) is 0 Å². The van der Waals surface area contributed by atoms with Gasteiger partial charge in [-0.2, -0.15) is 0 Å². The lowest BCUT2D eigenvalue weighted by Crippen LogP contribution is -2.16. The Morgan fingerprint density at radius 1 is 1.29 bits per heavy atom. The molecule has 3 N–H and O–H groups in total. The molecule has 0 radical (unpaired) electrons. The number of carbonyl (C=O) groups is 2. The van der Waals surface area contributed by atoms with E-state index in [9.17, 15) is 14.4 Å². The van der Waals surface area contributed by atoms with Gasteiger partial charge >= 0.3 is 5.97 Å². The summed E-state index contributed by atoms with van der Waals surface area (Å²) in [5, 5.41) is 11.9. The predicted octanol–water partition coefficient (Wildman–Crippen LogP) is 2.32. The van der Waals surface area contributed by atoms with E-state index in [4.69, 9.17) is 5.11 Å². The highest BCUT2D eigenvalue weighted by molar-refractivity contribution is 7.99. The van der Waals surface area contributed by atoms with Gasteiger partial charge in [-0.05, 0) is 30.2 Å². The lowest BCUT2D eigenvalue weighted by Gasteiger charge is -2.07. The van der Waals surface area contributed by atoms with Crippen molar-refractivity contribution in [2.45, 2.75) is 24.9 Å². The van der Waals surface area contributed by atoms with Gasteiger partial charge in [0.2, 0.25) is 5.91 Å². The number of nitrogens with one attached hydrogen (secondary N) is 2. The Morgan fingerprint density at radius 2 is 1.96 bits per heavy atom. The van der Waals surface area contributed by atoms with E-state index in [2.05, 4.69) is 15.3 Å². The molecule has 2 rings (SSSR count). The van der Waals surface area contributed by atoms with E-state index in [0.29, 0.717) is 16.5 Å². The minimum atomic E-state index is -1.02. The average molecular weight is 347 g/mol. The quantitative estimate of drug-likeness (QED) is 0.546. The summed E-state index contributed by atoms with van der Waals surface area (Å²) < 4.78 is 0. The van der Waals surface area contributed by atoms with Gasteiger partial charge in [0.05, 0.1) is 17.0 Å². The molecule has 0 fully saturated rings. The molecule has 126 valence electrons. The molecule has 2 aromatic rings. The van der Waals surface area contributed by atoms with Crippen molar-refractivity contribution in [3.8, 4) is 0 Å². The first-order valence-corrected chi connectivity index (χ1v) is 8.21. The zero-order chi connectivity index (χ0) is 17.7. The van der Waals surface area contributed by atoms with E-state index in [0.717, 1.165) is 11.8 Å². The average Bonchev–Trinajstić information content (AvgIpc) is 2.53. The highest BCUT2D eigenvalue weighted by Crippen LogP contribution is 2.16. The fraction of sp³-hybridized carbons (Fsp3) is 0.250. The molecule has 7 nitrogen and oxygen atoms in total. The van der Waals surface area contributed by atoms with Gasteiger partial charge in [-0.3, -0.25) is 9.59 Å². The SMILES string of the molecule is CC(C)c1cc(=O)[nH]c(SCC(=O)Nc2ccc(C(=O)O)cc2)n1. The van der Waals surface area contributed by atoms with Gasteiger partial charge in [0, 0.05) is 11.8 Å². The number of carboxylic acids is 1.